The van der Waals surface area contributed by atoms with E-state index < -0.39 is 28.8 Å². The Kier molecular flexibility index (Phi) is 6.36. The van der Waals surface area contributed by atoms with Gasteiger partial charge in [0.05, 0.1) is 25.3 Å². The first-order chi connectivity index (χ1) is 9.78. The van der Waals surface area contributed by atoms with Gasteiger partial charge in [0.1, 0.15) is 5.76 Å². The lowest BCUT2D eigenvalue weighted by Crippen LogP contribution is -2.53. The van der Waals surface area contributed by atoms with Gasteiger partial charge in [0.2, 0.25) is 5.09 Å². The SMILES string of the molecule is CCC(CO)(CO)NS(=O)(=O)c1ccc(CNC(C)C)o1. The molecule has 0 aliphatic carbocycles. The molecule has 0 aliphatic rings. The summed E-state index contributed by atoms with van der Waals surface area (Å²) in [5.74, 6) is 0.499. The van der Waals surface area contributed by atoms with E-state index in [1.807, 2.05) is 13.8 Å². The van der Waals surface area contributed by atoms with Crippen LogP contribution in [0.2, 0.25) is 0 Å². The maximum Gasteiger partial charge on any atom is 0.274 e. The van der Waals surface area contributed by atoms with E-state index in [0.717, 1.165) is 0 Å². The molecule has 0 amide bonds. The number of aliphatic hydroxyl groups is 2. The molecule has 0 spiro atoms. The van der Waals surface area contributed by atoms with Crippen molar-refractivity contribution < 1.29 is 23.0 Å². The van der Waals surface area contributed by atoms with Crippen LogP contribution in [-0.2, 0) is 16.6 Å². The van der Waals surface area contributed by atoms with Gasteiger partial charge in [0.15, 0.2) is 0 Å². The van der Waals surface area contributed by atoms with E-state index in [1.165, 1.54) is 6.07 Å². The topological polar surface area (TPSA) is 112 Å². The second-order valence-electron chi connectivity index (χ2n) is 5.31. The summed E-state index contributed by atoms with van der Waals surface area (Å²) in [5.41, 5.74) is -1.29. The molecular weight excluding hydrogens is 296 g/mol. The summed E-state index contributed by atoms with van der Waals surface area (Å²) in [7, 11) is -3.94. The summed E-state index contributed by atoms with van der Waals surface area (Å²) in [6, 6.07) is 3.19. The van der Waals surface area contributed by atoms with E-state index in [4.69, 9.17) is 4.42 Å². The van der Waals surface area contributed by atoms with Gasteiger partial charge in [-0.25, -0.2) is 8.42 Å². The first kappa shape index (κ1) is 18.1. The number of nitrogens with one attached hydrogen (secondary N) is 2. The van der Waals surface area contributed by atoms with Crippen LogP contribution >= 0.6 is 0 Å². The van der Waals surface area contributed by atoms with Gasteiger partial charge in [-0.1, -0.05) is 20.8 Å². The highest BCUT2D eigenvalue weighted by atomic mass is 32.2. The Bertz CT molecular complexity index is 526. The Hall–Kier alpha value is -0.930. The van der Waals surface area contributed by atoms with Crippen LogP contribution in [-0.4, -0.2) is 43.4 Å². The Labute approximate surface area is 125 Å². The summed E-state index contributed by atoms with van der Waals surface area (Å²) < 4.78 is 32.1. The fraction of sp³-hybridized carbons (Fsp3) is 0.692. The highest BCUT2D eigenvalue weighted by Gasteiger charge is 2.34. The second kappa shape index (κ2) is 7.37. The third kappa shape index (κ3) is 4.79. The average Bonchev–Trinajstić information content (AvgIpc) is 2.92. The van der Waals surface area contributed by atoms with Crippen molar-refractivity contribution in [3.05, 3.63) is 17.9 Å². The minimum absolute atomic E-state index is 0.234. The molecule has 0 aromatic carbocycles. The second-order valence-corrected chi connectivity index (χ2v) is 6.93. The molecule has 0 radical (unpaired) electrons. The largest absolute Gasteiger partial charge is 0.447 e. The minimum Gasteiger partial charge on any atom is -0.447 e. The molecule has 1 heterocycles. The first-order valence-corrected chi connectivity index (χ1v) is 8.34. The van der Waals surface area contributed by atoms with Crippen LogP contribution in [0, 0.1) is 0 Å². The Balaban J connectivity index is 2.88. The van der Waals surface area contributed by atoms with Crippen molar-refractivity contribution >= 4 is 10.0 Å². The van der Waals surface area contributed by atoms with Gasteiger partial charge < -0.3 is 19.9 Å². The maximum atomic E-state index is 12.2. The van der Waals surface area contributed by atoms with Crippen molar-refractivity contribution in [2.45, 2.75) is 50.4 Å². The Morgan fingerprint density at radius 1 is 1.29 bits per heavy atom. The van der Waals surface area contributed by atoms with E-state index in [0.29, 0.717) is 12.3 Å². The fourth-order valence-corrected chi connectivity index (χ4v) is 3.06. The van der Waals surface area contributed by atoms with E-state index >= 15 is 0 Å². The van der Waals surface area contributed by atoms with Crippen molar-refractivity contribution in [1.82, 2.24) is 10.0 Å². The zero-order chi connectivity index (χ0) is 16.1. The summed E-state index contributed by atoms with van der Waals surface area (Å²) in [6.45, 7) is 5.05. The molecule has 7 nitrogen and oxygen atoms in total. The quantitative estimate of drug-likeness (QED) is 0.517. The predicted molar refractivity (Wildman–Crippen MR) is 78.2 cm³/mol. The van der Waals surface area contributed by atoms with E-state index in [2.05, 4.69) is 10.0 Å². The van der Waals surface area contributed by atoms with Crippen molar-refractivity contribution in [1.29, 1.82) is 0 Å². The number of hydrogen-bond donors (Lipinski definition) is 4. The van der Waals surface area contributed by atoms with Gasteiger partial charge >= 0.3 is 0 Å². The van der Waals surface area contributed by atoms with E-state index in [9.17, 15) is 18.6 Å². The summed E-state index contributed by atoms with van der Waals surface area (Å²) in [6.07, 6.45) is 0.252. The highest BCUT2D eigenvalue weighted by Crippen LogP contribution is 2.18. The standard InChI is InChI=1S/C13H24N2O5S/c1-4-13(8-16,9-17)15-21(18,19)12-6-5-11(20-12)7-14-10(2)3/h5-6,10,14-17H,4,7-9H2,1-3H3. The zero-order valence-corrected chi connectivity index (χ0v) is 13.4. The molecular formula is C13H24N2O5S. The van der Waals surface area contributed by atoms with Crippen LogP contribution in [0.1, 0.15) is 33.0 Å². The zero-order valence-electron chi connectivity index (χ0n) is 12.6. The number of sulfonamides is 1. The van der Waals surface area contributed by atoms with Gasteiger partial charge in [-0.15, -0.1) is 0 Å². The molecule has 1 aromatic rings. The monoisotopic (exact) mass is 320 g/mol. The molecule has 1 rings (SSSR count). The van der Waals surface area contributed by atoms with E-state index in [1.54, 1.807) is 13.0 Å². The normalized spacial score (nSPS) is 13.0. The van der Waals surface area contributed by atoms with Crippen molar-refractivity contribution in [2.75, 3.05) is 13.2 Å². The molecule has 0 saturated heterocycles. The molecule has 122 valence electrons. The van der Waals surface area contributed by atoms with Crippen molar-refractivity contribution in [2.24, 2.45) is 0 Å². The van der Waals surface area contributed by atoms with Crippen molar-refractivity contribution in [3.8, 4) is 0 Å². The molecule has 0 fully saturated rings. The van der Waals surface area contributed by atoms with Gasteiger partial charge in [0, 0.05) is 6.04 Å². The third-order valence-electron chi connectivity index (χ3n) is 3.22. The summed E-state index contributed by atoms with van der Waals surface area (Å²) in [5, 5.41) is 21.5. The lowest BCUT2D eigenvalue weighted by molar-refractivity contribution is 0.105. The molecule has 1 aromatic heterocycles. The van der Waals surface area contributed by atoms with Crippen LogP contribution in [0.5, 0.6) is 0 Å². The smallest absolute Gasteiger partial charge is 0.274 e. The van der Waals surface area contributed by atoms with E-state index in [-0.39, 0.29) is 17.6 Å². The van der Waals surface area contributed by atoms with Gasteiger partial charge in [-0.3, -0.25) is 0 Å². The highest BCUT2D eigenvalue weighted by molar-refractivity contribution is 7.89. The average molecular weight is 320 g/mol. The fourth-order valence-electron chi connectivity index (χ4n) is 1.65. The molecule has 0 bridgehead atoms. The minimum atomic E-state index is -3.94. The summed E-state index contributed by atoms with van der Waals surface area (Å²) in [4.78, 5) is 0. The lowest BCUT2D eigenvalue weighted by atomic mass is 10.0. The van der Waals surface area contributed by atoms with Crippen LogP contribution < -0.4 is 10.0 Å². The third-order valence-corrected chi connectivity index (χ3v) is 4.67. The van der Waals surface area contributed by atoms with Crippen LogP contribution in [0.3, 0.4) is 0 Å². The Morgan fingerprint density at radius 3 is 2.38 bits per heavy atom. The van der Waals surface area contributed by atoms with Crippen LogP contribution in [0.15, 0.2) is 21.6 Å². The first-order valence-electron chi connectivity index (χ1n) is 6.86. The maximum absolute atomic E-state index is 12.2. The Morgan fingerprint density at radius 2 is 1.90 bits per heavy atom. The molecule has 0 aliphatic heterocycles. The molecule has 0 unspecified atom stereocenters. The number of hydrogen-bond acceptors (Lipinski definition) is 6. The van der Waals surface area contributed by atoms with Gasteiger partial charge in [-0.05, 0) is 18.6 Å². The van der Waals surface area contributed by atoms with Gasteiger partial charge in [0.25, 0.3) is 10.0 Å². The van der Waals surface area contributed by atoms with Crippen LogP contribution in [0.25, 0.3) is 0 Å². The predicted octanol–water partition coefficient (Wildman–Crippen LogP) is 0.189. The van der Waals surface area contributed by atoms with Crippen LogP contribution in [0.4, 0.5) is 0 Å². The number of aliphatic hydroxyl groups excluding tert-OH is 2. The number of furan rings is 1. The van der Waals surface area contributed by atoms with Gasteiger partial charge in [-0.2, -0.15) is 4.72 Å². The lowest BCUT2D eigenvalue weighted by Gasteiger charge is -2.28. The molecule has 4 N–H and O–H groups in total. The molecule has 8 heteroatoms. The molecule has 0 atom stereocenters. The van der Waals surface area contributed by atoms with Crippen molar-refractivity contribution in [3.63, 3.8) is 0 Å². The molecule has 21 heavy (non-hydrogen) atoms. The molecule has 0 saturated carbocycles. The number of rotatable bonds is 9. The summed E-state index contributed by atoms with van der Waals surface area (Å²) >= 11 is 0.